The standard InChI is InChI=1S/C16H15BrN4O3S/c1-10(21-25(23,24)12-8-6-11(17)7-9-12)15(22)20-16-18-13-4-2-3-5-14(13)19-16/h2-10,21H,1H3,(H2,18,19,20,22)/t10-/m0/s1. The van der Waals surface area contributed by atoms with Crippen LogP contribution in [0.5, 0.6) is 0 Å². The molecule has 2 aromatic carbocycles. The molecule has 3 N–H and O–H groups in total. The number of aromatic amines is 1. The molecular weight excluding hydrogens is 408 g/mol. The number of nitrogens with one attached hydrogen (secondary N) is 3. The molecule has 0 aliphatic heterocycles. The van der Waals surface area contributed by atoms with E-state index in [9.17, 15) is 13.2 Å². The topological polar surface area (TPSA) is 104 Å². The predicted molar refractivity (Wildman–Crippen MR) is 98.6 cm³/mol. The van der Waals surface area contributed by atoms with Gasteiger partial charge in [0.05, 0.1) is 22.0 Å². The Balaban J connectivity index is 1.70. The number of rotatable bonds is 5. The minimum absolute atomic E-state index is 0.0825. The number of aromatic nitrogens is 2. The number of benzene rings is 2. The van der Waals surface area contributed by atoms with Crippen LogP contribution in [-0.4, -0.2) is 30.3 Å². The SMILES string of the molecule is C[C@H](NS(=O)(=O)c1ccc(Br)cc1)C(=O)Nc1nc2ccccc2[nH]1. The van der Waals surface area contributed by atoms with Crippen molar-refractivity contribution in [3.05, 3.63) is 53.0 Å². The van der Waals surface area contributed by atoms with Crippen molar-refractivity contribution in [1.82, 2.24) is 14.7 Å². The van der Waals surface area contributed by atoms with Gasteiger partial charge in [-0.3, -0.25) is 10.1 Å². The molecule has 0 aliphatic carbocycles. The van der Waals surface area contributed by atoms with E-state index in [-0.39, 0.29) is 10.8 Å². The number of carbonyl (C=O) groups excluding carboxylic acids is 1. The number of para-hydroxylation sites is 2. The largest absolute Gasteiger partial charge is 0.324 e. The highest BCUT2D eigenvalue weighted by molar-refractivity contribution is 9.10. The van der Waals surface area contributed by atoms with Gasteiger partial charge in [0, 0.05) is 4.47 Å². The Morgan fingerprint density at radius 1 is 1.16 bits per heavy atom. The van der Waals surface area contributed by atoms with Crippen molar-refractivity contribution in [2.45, 2.75) is 17.9 Å². The molecule has 9 heteroatoms. The fourth-order valence-electron chi connectivity index (χ4n) is 2.20. The lowest BCUT2D eigenvalue weighted by Crippen LogP contribution is -2.41. The maximum Gasteiger partial charge on any atom is 0.244 e. The Labute approximate surface area is 153 Å². The maximum absolute atomic E-state index is 12.3. The van der Waals surface area contributed by atoms with Crippen LogP contribution in [0.1, 0.15) is 6.92 Å². The Morgan fingerprint density at radius 3 is 2.52 bits per heavy atom. The normalized spacial score (nSPS) is 12.9. The summed E-state index contributed by atoms with van der Waals surface area (Å²) in [5.74, 6) is -0.249. The van der Waals surface area contributed by atoms with Gasteiger partial charge in [-0.05, 0) is 43.3 Å². The molecule has 1 heterocycles. The van der Waals surface area contributed by atoms with Crippen LogP contribution in [0, 0.1) is 0 Å². The Bertz CT molecular complexity index is 982. The minimum Gasteiger partial charge on any atom is -0.324 e. The number of anilines is 1. The highest BCUT2D eigenvalue weighted by atomic mass is 79.9. The number of halogens is 1. The first-order chi connectivity index (χ1) is 11.8. The summed E-state index contributed by atoms with van der Waals surface area (Å²) in [7, 11) is -3.80. The van der Waals surface area contributed by atoms with E-state index in [0.717, 1.165) is 9.99 Å². The van der Waals surface area contributed by atoms with Crippen LogP contribution < -0.4 is 10.0 Å². The van der Waals surface area contributed by atoms with Gasteiger partial charge < -0.3 is 4.98 Å². The first-order valence-electron chi connectivity index (χ1n) is 7.39. The van der Waals surface area contributed by atoms with E-state index in [4.69, 9.17) is 0 Å². The molecule has 3 rings (SSSR count). The van der Waals surface area contributed by atoms with Gasteiger partial charge in [0.1, 0.15) is 0 Å². The van der Waals surface area contributed by atoms with Crippen LogP contribution in [0.4, 0.5) is 5.95 Å². The van der Waals surface area contributed by atoms with Crippen LogP contribution in [0.15, 0.2) is 57.9 Å². The van der Waals surface area contributed by atoms with Crippen LogP contribution in [0.25, 0.3) is 11.0 Å². The van der Waals surface area contributed by atoms with Crippen LogP contribution in [-0.2, 0) is 14.8 Å². The molecule has 7 nitrogen and oxygen atoms in total. The van der Waals surface area contributed by atoms with E-state index in [1.165, 1.54) is 19.1 Å². The van der Waals surface area contributed by atoms with E-state index in [0.29, 0.717) is 5.52 Å². The zero-order valence-corrected chi connectivity index (χ0v) is 15.6. The summed E-state index contributed by atoms with van der Waals surface area (Å²) < 4.78 is 27.8. The number of carbonyl (C=O) groups is 1. The summed E-state index contributed by atoms with van der Waals surface area (Å²) in [6, 6.07) is 12.5. The molecule has 25 heavy (non-hydrogen) atoms. The molecule has 0 saturated heterocycles. The highest BCUT2D eigenvalue weighted by Gasteiger charge is 2.22. The fraction of sp³-hybridized carbons (Fsp3) is 0.125. The minimum atomic E-state index is -3.80. The molecule has 1 atom stereocenters. The molecule has 1 amide bonds. The third-order valence-electron chi connectivity index (χ3n) is 3.48. The van der Waals surface area contributed by atoms with E-state index < -0.39 is 22.0 Å². The molecule has 3 aromatic rings. The maximum atomic E-state index is 12.3. The highest BCUT2D eigenvalue weighted by Crippen LogP contribution is 2.16. The third-order valence-corrected chi connectivity index (χ3v) is 5.57. The van der Waals surface area contributed by atoms with Gasteiger partial charge in [0.15, 0.2) is 0 Å². The molecule has 0 unspecified atom stereocenters. The fourth-order valence-corrected chi connectivity index (χ4v) is 3.67. The number of amides is 1. The second-order valence-electron chi connectivity index (χ2n) is 5.39. The van der Waals surface area contributed by atoms with Crippen molar-refractivity contribution in [2.75, 3.05) is 5.32 Å². The summed E-state index contributed by atoms with van der Waals surface area (Å²) in [4.78, 5) is 19.5. The quantitative estimate of drug-likeness (QED) is 0.587. The van der Waals surface area contributed by atoms with E-state index in [1.807, 2.05) is 18.2 Å². The van der Waals surface area contributed by atoms with E-state index in [1.54, 1.807) is 18.2 Å². The van der Waals surface area contributed by atoms with Crippen molar-refractivity contribution >= 4 is 48.8 Å². The zero-order valence-electron chi connectivity index (χ0n) is 13.2. The van der Waals surface area contributed by atoms with Crippen LogP contribution in [0.2, 0.25) is 0 Å². The van der Waals surface area contributed by atoms with Crippen molar-refractivity contribution in [2.24, 2.45) is 0 Å². The Kier molecular flexibility index (Phi) is 4.89. The average Bonchev–Trinajstić information content (AvgIpc) is 2.97. The molecule has 0 saturated carbocycles. The monoisotopic (exact) mass is 422 g/mol. The van der Waals surface area contributed by atoms with Crippen molar-refractivity contribution < 1.29 is 13.2 Å². The third kappa shape index (κ3) is 4.06. The summed E-state index contributed by atoms with van der Waals surface area (Å²) in [5.41, 5.74) is 1.49. The molecular formula is C16H15BrN4O3S. The second-order valence-corrected chi connectivity index (χ2v) is 8.02. The van der Waals surface area contributed by atoms with Crippen LogP contribution in [0.3, 0.4) is 0 Å². The number of sulfonamides is 1. The van der Waals surface area contributed by atoms with Gasteiger partial charge in [-0.1, -0.05) is 28.1 Å². The van der Waals surface area contributed by atoms with Gasteiger partial charge >= 0.3 is 0 Å². The molecule has 130 valence electrons. The number of fused-ring (bicyclic) bond motifs is 1. The van der Waals surface area contributed by atoms with Crippen molar-refractivity contribution in [3.8, 4) is 0 Å². The van der Waals surface area contributed by atoms with E-state index in [2.05, 4.69) is 35.9 Å². The summed E-state index contributed by atoms with van der Waals surface area (Å²) in [5, 5.41) is 2.57. The molecule has 0 aliphatic rings. The number of hydrogen-bond donors (Lipinski definition) is 3. The van der Waals surface area contributed by atoms with Gasteiger partial charge in [-0.25, -0.2) is 13.4 Å². The van der Waals surface area contributed by atoms with Crippen molar-refractivity contribution in [3.63, 3.8) is 0 Å². The van der Waals surface area contributed by atoms with Gasteiger partial charge in [0.2, 0.25) is 21.9 Å². The first kappa shape index (κ1) is 17.6. The lowest BCUT2D eigenvalue weighted by Gasteiger charge is -2.13. The molecule has 0 bridgehead atoms. The number of H-pyrrole nitrogens is 1. The predicted octanol–water partition coefficient (Wildman–Crippen LogP) is 2.63. The van der Waals surface area contributed by atoms with Gasteiger partial charge in [-0.2, -0.15) is 4.72 Å². The second kappa shape index (κ2) is 6.95. The lowest BCUT2D eigenvalue weighted by molar-refractivity contribution is -0.117. The number of nitrogens with zero attached hydrogens (tertiary/aromatic N) is 1. The number of imidazole rings is 1. The smallest absolute Gasteiger partial charge is 0.244 e. The van der Waals surface area contributed by atoms with Gasteiger partial charge in [0.25, 0.3) is 0 Å². The van der Waals surface area contributed by atoms with E-state index >= 15 is 0 Å². The summed E-state index contributed by atoms with van der Waals surface area (Å²) in [6.45, 7) is 1.47. The molecule has 0 fully saturated rings. The first-order valence-corrected chi connectivity index (χ1v) is 9.66. The van der Waals surface area contributed by atoms with Crippen LogP contribution >= 0.6 is 15.9 Å². The Hall–Kier alpha value is -2.23. The van der Waals surface area contributed by atoms with Crippen molar-refractivity contribution in [1.29, 1.82) is 0 Å². The van der Waals surface area contributed by atoms with Gasteiger partial charge in [-0.15, -0.1) is 0 Å². The summed E-state index contributed by atoms with van der Waals surface area (Å²) >= 11 is 3.25. The average molecular weight is 423 g/mol. The Morgan fingerprint density at radius 2 is 1.84 bits per heavy atom. The summed E-state index contributed by atoms with van der Waals surface area (Å²) in [6.07, 6.45) is 0. The lowest BCUT2D eigenvalue weighted by atomic mass is 10.3. The molecule has 1 aromatic heterocycles. The number of hydrogen-bond acceptors (Lipinski definition) is 4. The molecule has 0 spiro atoms. The molecule has 0 radical (unpaired) electrons. The zero-order chi connectivity index (χ0) is 18.0.